The molecular formula is C17H22N4O2. The summed E-state index contributed by atoms with van der Waals surface area (Å²) >= 11 is 0. The molecule has 0 unspecified atom stereocenters. The lowest BCUT2D eigenvalue weighted by atomic mass is 10.0. The van der Waals surface area contributed by atoms with E-state index in [9.17, 15) is 4.79 Å². The molecule has 1 aliphatic heterocycles. The van der Waals surface area contributed by atoms with E-state index in [4.69, 9.17) is 4.52 Å². The van der Waals surface area contributed by atoms with E-state index < -0.39 is 0 Å². The Bertz CT molecular complexity index is 654. The first-order valence-corrected chi connectivity index (χ1v) is 8.01. The highest BCUT2D eigenvalue weighted by molar-refractivity contribution is 5.77. The number of aromatic nitrogens is 2. The molecule has 6 nitrogen and oxygen atoms in total. The Balaban J connectivity index is 1.82. The normalized spacial score (nSPS) is 19.6. The summed E-state index contributed by atoms with van der Waals surface area (Å²) in [5.74, 6) is 1.64. The molecule has 23 heavy (non-hydrogen) atoms. The maximum Gasteiger partial charge on any atom is 0.240 e. The molecule has 1 atom stereocenters. The SMILES string of the molecule is CC(C)c1noc(CN2CCNC(=O)C[C@@H]2c2ccccc2)n1. The largest absolute Gasteiger partial charge is 0.355 e. The molecule has 1 fully saturated rings. The van der Waals surface area contributed by atoms with Crippen LogP contribution in [-0.2, 0) is 11.3 Å². The molecule has 2 heterocycles. The maximum absolute atomic E-state index is 12.0. The third-order valence-electron chi connectivity index (χ3n) is 4.06. The van der Waals surface area contributed by atoms with Crippen LogP contribution in [0.3, 0.4) is 0 Å². The number of amides is 1. The van der Waals surface area contributed by atoms with Crippen molar-refractivity contribution in [3.05, 3.63) is 47.6 Å². The predicted octanol–water partition coefficient (Wildman–Crippen LogP) is 2.26. The predicted molar refractivity (Wildman–Crippen MR) is 85.6 cm³/mol. The Hall–Kier alpha value is -2.21. The van der Waals surface area contributed by atoms with Crippen molar-refractivity contribution < 1.29 is 9.32 Å². The molecule has 0 bridgehead atoms. The first-order valence-electron chi connectivity index (χ1n) is 8.01. The Morgan fingerprint density at radius 3 is 2.83 bits per heavy atom. The van der Waals surface area contributed by atoms with E-state index in [0.717, 1.165) is 17.9 Å². The van der Waals surface area contributed by atoms with E-state index in [1.54, 1.807) is 0 Å². The quantitative estimate of drug-likeness (QED) is 0.937. The molecule has 1 aromatic heterocycles. The zero-order valence-corrected chi connectivity index (χ0v) is 13.5. The van der Waals surface area contributed by atoms with Crippen molar-refractivity contribution in [3.63, 3.8) is 0 Å². The molecule has 3 rings (SSSR count). The average molecular weight is 314 g/mol. The average Bonchev–Trinajstić information content (AvgIpc) is 2.93. The summed E-state index contributed by atoms with van der Waals surface area (Å²) in [5, 5.41) is 6.96. The van der Waals surface area contributed by atoms with Gasteiger partial charge in [-0.3, -0.25) is 9.69 Å². The highest BCUT2D eigenvalue weighted by Crippen LogP contribution is 2.27. The van der Waals surface area contributed by atoms with Crippen molar-refractivity contribution in [1.82, 2.24) is 20.4 Å². The summed E-state index contributed by atoms with van der Waals surface area (Å²) in [7, 11) is 0. The van der Waals surface area contributed by atoms with Crippen molar-refractivity contribution in [2.24, 2.45) is 0 Å². The molecule has 0 saturated carbocycles. The summed E-state index contributed by atoms with van der Waals surface area (Å²) in [6.45, 7) is 6.01. The lowest BCUT2D eigenvalue weighted by Gasteiger charge is -2.27. The third-order valence-corrected chi connectivity index (χ3v) is 4.06. The molecule has 1 amide bonds. The zero-order valence-electron chi connectivity index (χ0n) is 13.5. The molecule has 0 aliphatic carbocycles. The van der Waals surface area contributed by atoms with E-state index in [-0.39, 0.29) is 17.9 Å². The fraction of sp³-hybridized carbons (Fsp3) is 0.471. The molecule has 6 heteroatoms. The number of nitrogens with one attached hydrogen (secondary N) is 1. The Labute approximate surface area is 135 Å². The molecule has 1 aromatic carbocycles. The number of benzene rings is 1. The fourth-order valence-electron chi connectivity index (χ4n) is 2.81. The minimum absolute atomic E-state index is 0.0214. The summed E-state index contributed by atoms with van der Waals surface area (Å²) in [4.78, 5) is 18.7. The number of hydrogen-bond donors (Lipinski definition) is 1. The Morgan fingerprint density at radius 1 is 1.35 bits per heavy atom. The van der Waals surface area contributed by atoms with E-state index in [1.807, 2.05) is 32.0 Å². The third kappa shape index (κ3) is 3.76. The van der Waals surface area contributed by atoms with Gasteiger partial charge < -0.3 is 9.84 Å². The van der Waals surface area contributed by atoms with Gasteiger partial charge in [-0.2, -0.15) is 4.98 Å². The van der Waals surface area contributed by atoms with Crippen LogP contribution in [0.25, 0.3) is 0 Å². The molecule has 1 N–H and O–H groups in total. The van der Waals surface area contributed by atoms with Crippen molar-refractivity contribution in [2.75, 3.05) is 13.1 Å². The van der Waals surface area contributed by atoms with Crippen molar-refractivity contribution in [3.8, 4) is 0 Å². The van der Waals surface area contributed by atoms with Crippen LogP contribution >= 0.6 is 0 Å². The maximum atomic E-state index is 12.0. The Kier molecular flexibility index (Phi) is 4.71. The van der Waals surface area contributed by atoms with Crippen LogP contribution < -0.4 is 5.32 Å². The number of carbonyl (C=O) groups is 1. The summed E-state index contributed by atoms with van der Waals surface area (Å²) in [6.07, 6.45) is 0.440. The highest BCUT2D eigenvalue weighted by Gasteiger charge is 2.27. The monoisotopic (exact) mass is 314 g/mol. The molecule has 0 radical (unpaired) electrons. The second-order valence-electron chi connectivity index (χ2n) is 6.15. The van der Waals surface area contributed by atoms with Gasteiger partial charge in [-0.25, -0.2) is 0 Å². The minimum Gasteiger partial charge on any atom is -0.355 e. The van der Waals surface area contributed by atoms with Gasteiger partial charge >= 0.3 is 0 Å². The number of carbonyl (C=O) groups excluding carboxylic acids is 1. The zero-order chi connectivity index (χ0) is 16.2. The van der Waals surface area contributed by atoms with Crippen LogP contribution in [0.1, 0.15) is 49.5 Å². The van der Waals surface area contributed by atoms with Crippen LogP contribution in [0.2, 0.25) is 0 Å². The van der Waals surface area contributed by atoms with Gasteiger partial charge in [0, 0.05) is 31.5 Å². The lowest BCUT2D eigenvalue weighted by Crippen LogP contribution is -2.30. The molecule has 1 saturated heterocycles. The van der Waals surface area contributed by atoms with Gasteiger partial charge in [-0.15, -0.1) is 0 Å². The second kappa shape index (κ2) is 6.91. The van der Waals surface area contributed by atoms with Gasteiger partial charge in [0.05, 0.1) is 6.54 Å². The summed E-state index contributed by atoms with van der Waals surface area (Å²) in [5.41, 5.74) is 1.13. The van der Waals surface area contributed by atoms with Gasteiger partial charge in [0.15, 0.2) is 5.82 Å². The molecular weight excluding hydrogens is 292 g/mol. The van der Waals surface area contributed by atoms with Crippen LogP contribution in [0.5, 0.6) is 0 Å². The number of hydrogen-bond acceptors (Lipinski definition) is 5. The molecule has 2 aromatic rings. The smallest absolute Gasteiger partial charge is 0.240 e. The van der Waals surface area contributed by atoms with Crippen molar-refractivity contribution in [1.29, 1.82) is 0 Å². The van der Waals surface area contributed by atoms with E-state index in [0.29, 0.717) is 25.4 Å². The van der Waals surface area contributed by atoms with Crippen LogP contribution in [0.4, 0.5) is 0 Å². The number of rotatable bonds is 4. The van der Waals surface area contributed by atoms with Crippen LogP contribution in [-0.4, -0.2) is 34.0 Å². The Morgan fingerprint density at radius 2 is 2.13 bits per heavy atom. The van der Waals surface area contributed by atoms with Crippen LogP contribution in [0, 0.1) is 0 Å². The van der Waals surface area contributed by atoms with Gasteiger partial charge in [0.2, 0.25) is 11.8 Å². The fourth-order valence-corrected chi connectivity index (χ4v) is 2.81. The topological polar surface area (TPSA) is 71.3 Å². The van der Waals surface area contributed by atoms with E-state index >= 15 is 0 Å². The highest BCUT2D eigenvalue weighted by atomic mass is 16.5. The molecule has 122 valence electrons. The first-order chi connectivity index (χ1) is 11.1. The summed E-state index contributed by atoms with van der Waals surface area (Å²) < 4.78 is 5.37. The standard InChI is InChI=1S/C17H22N4O2/c1-12(2)17-19-16(23-20-17)11-21-9-8-18-15(22)10-14(21)13-6-4-3-5-7-13/h3-7,12,14H,8-11H2,1-2H3,(H,18,22)/t14-/m1/s1. The van der Waals surface area contributed by atoms with E-state index in [1.165, 1.54) is 0 Å². The van der Waals surface area contributed by atoms with Crippen molar-refractivity contribution in [2.45, 2.75) is 38.8 Å². The van der Waals surface area contributed by atoms with Crippen LogP contribution in [0.15, 0.2) is 34.9 Å². The van der Waals surface area contributed by atoms with E-state index in [2.05, 4.69) is 32.5 Å². The van der Waals surface area contributed by atoms with Gasteiger partial charge in [-0.05, 0) is 5.56 Å². The van der Waals surface area contributed by atoms with Gasteiger partial charge in [-0.1, -0.05) is 49.3 Å². The van der Waals surface area contributed by atoms with Gasteiger partial charge in [0.25, 0.3) is 0 Å². The molecule has 1 aliphatic rings. The second-order valence-corrected chi connectivity index (χ2v) is 6.15. The minimum atomic E-state index is 0.0214. The summed E-state index contributed by atoms with van der Waals surface area (Å²) in [6, 6.07) is 10.1. The van der Waals surface area contributed by atoms with Gasteiger partial charge in [0.1, 0.15) is 0 Å². The van der Waals surface area contributed by atoms with Crippen molar-refractivity contribution >= 4 is 5.91 Å². The number of nitrogens with zero attached hydrogens (tertiary/aromatic N) is 3. The first kappa shape index (κ1) is 15.7. The lowest BCUT2D eigenvalue weighted by molar-refractivity contribution is -0.121. The molecule has 0 spiro atoms.